The van der Waals surface area contributed by atoms with Gasteiger partial charge in [-0.05, 0) is 13.0 Å². The number of nitrogens with zero attached hydrogens (tertiary/aromatic N) is 1. The van der Waals surface area contributed by atoms with Crippen LogP contribution in [-0.4, -0.2) is 36.6 Å². The van der Waals surface area contributed by atoms with Crippen molar-refractivity contribution in [2.75, 3.05) is 25.5 Å². The molecule has 0 N–H and O–H groups in total. The van der Waals surface area contributed by atoms with Crippen LogP contribution in [0, 0.1) is 0 Å². The minimum Gasteiger partial charge on any atom is -0.294 e. The maximum absolute atomic E-state index is 12.3. The molecule has 0 atom stereocenters. The van der Waals surface area contributed by atoms with Crippen molar-refractivity contribution >= 4 is 11.6 Å². The largest absolute Gasteiger partial charge is 0.401 e. The molecule has 0 aromatic rings. The van der Waals surface area contributed by atoms with Gasteiger partial charge in [-0.3, -0.25) is 4.90 Å². The van der Waals surface area contributed by atoms with Crippen LogP contribution >= 0.6 is 11.6 Å². The summed E-state index contributed by atoms with van der Waals surface area (Å²) in [6, 6.07) is 0. The second-order valence-electron chi connectivity index (χ2n) is 5.76. The van der Waals surface area contributed by atoms with E-state index in [0.29, 0.717) is 13.1 Å². The Morgan fingerprint density at radius 1 is 0.762 bits per heavy atom. The zero-order valence-corrected chi connectivity index (χ0v) is 14.1. The van der Waals surface area contributed by atoms with E-state index in [1.165, 1.54) is 49.8 Å². The van der Waals surface area contributed by atoms with Crippen LogP contribution in [0.15, 0.2) is 0 Å². The number of alkyl halides is 4. The van der Waals surface area contributed by atoms with Crippen LogP contribution in [0.2, 0.25) is 0 Å². The lowest BCUT2D eigenvalue weighted by molar-refractivity contribution is -0.145. The maximum atomic E-state index is 12.3. The second kappa shape index (κ2) is 13.7. The van der Waals surface area contributed by atoms with Gasteiger partial charge in [0, 0.05) is 12.4 Å². The molecule has 0 aliphatic heterocycles. The van der Waals surface area contributed by atoms with Gasteiger partial charge < -0.3 is 0 Å². The van der Waals surface area contributed by atoms with Crippen LogP contribution in [0.25, 0.3) is 0 Å². The molecular weight excluding hydrogens is 299 g/mol. The third-order valence-corrected chi connectivity index (χ3v) is 3.80. The van der Waals surface area contributed by atoms with Crippen LogP contribution in [0.1, 0.15) is 71.1 Å². The summed E-state index contributed by atoms with van der Waals surface area (Å²) in [6.07, 6.45) is 7.90. The van der Waals surface area contributed by atoms with E-state index in [1.807, 2.05) is 0 Å². The van der Waals surface area contributed by atoms with E-state index >= 15 is 0 Å². The van der Waals surface area contributed by atoms with Crippen LogP contribution < -0.4 is 0 Å². The molecule has 0 bridgehead atoms. The first-order valence-corrected chi connectivity index (χ1v) is 8.88. The highest BCUT2D eigenvalue weighted by Crippen LogP contribution is 2.17. The Kier molecular flexibility index (Phi) is 13.7. The molecule has 128 valence electrons. The summed E-state index contributed by atoms with van der Waals surface area (Å²) in [5.74, 6) is 0.258. The van der Waals surface area contributed by atoms with Crippen LogP contribution in [0.4, 0.5) is 13.2 Å². The van der Waals surface area contributed by atoms with E-state index in [4.69, 9.17) is 11.6 Å². The Balaban J connectivity index is 3.45. The Bertz CT molecular complexity index is 222. The topological polar surface area (TPSA) is 3.24 Å². The summed E-state index contributed by atoms with van der Waals surface area (Å²) < 4.78 is 37.0. The van der Waals surface area contributed by atoms with E-state index in [-0.39, 0.29) is 5.88 Å². The Hall–Kier alpha value is 0.0400. The SMILES string of the molecule is CCCCCCCCCCCCN(CCCl)CC(F)(F)F. The fraction of sp³-hybridized carbons (Fsp3) is 1.00. The quantitative estimate of drug-likeness (QED) is 0.278. The molecule has 0 aromatic heterocycles. The summed E-state index contributed by atoms with van der Waals surface area (Å²) in [7, 11) is 0. The van der Waals surface area contributed by atoms with E-state index in [9.17, 15) is 13.2 Å². The van der Waals surface area contributed by atoms with Gasteiger partial charge in [-0.15, -0.1) is 11.6 Å². The van der Waals surface area contributed by atoms with Gasteiger partial charge in [-0.1, -0.05) is 64.7 Å². The highest BCUT2D eigenvalue weighted by molar-refractivity contribution is 6.18. The van der Waals surface area contributed by atoms with Crippen molar-refractivity contribution in [3.8, 4) is 0 Å². The lowest BCUT2D eigenvalue weighted by Crippen LogP contribution is -2.36. The molecule has 0 unspecified atom stereocenters. The van der Waals surface area contributed by atoms with E-state index in [1.54, 1.807) is 0 Å². The van der Waals surface area contributed by atoms with Gasteiger partial charge in [0.05, 0.1) is 6.54 Å². The third-order valence-electron chi connectivity index (χ3n) is 3.63. The third kappa shape index (κ3) is 16.2. The van der Waals surface area contributed by atoms with Crippen molar-refractivity contribution in [2.45, 2.75) is 77.3 Å². The summed E-state index contributed by atoms with van der Waals surface area (Å²) in [4.78, 5) is 1.41. The minimum absolute atomic E-state index is 0.258. The Morgan fingerprint density at radius 2 is 1.24 bits per heavy atom. The van der Waals surface area contributed by atoms with Crippen LogP contribution in [0.5, 0.6) is 0 Å². The first-order valence-electron chi connectivity index (χ1n) is 8.34. The highest BCUT2D eigenvalue weighted by Gasteiger charge is 2.30. The molecule has 0 aromatic carbocycles. The molecule has 0 spiro atoms. The summed E-state index contributed by atoms with van der Waals surface area (Å²) >= 11 is 5.55. The van der Waals surface area contributed by atoms with Gasteiger partial charge in [0.15, 0.2) is 0 Å². The molecule has 0 fully saturated rings. The summed E-state index contributed by atoms with van der Waals surface area (Å²) in [5.41, 5.74) is 0. The fourth-order valence-corrected chi connectivity index (χ4v) is 2.70. The van der Waals surface area contributed by atoms with Crippen molar-refractivity contribution < 1.29 is 13.2 Å². The molecule has 0 amide bonds. The van der Waals surface area contributed by atoms with Crippen molar-refractivity contribution in [1.29, 1.82) is 0 Å². The van der Waals surface area contributed by atoms with Crippen molar-refractivity contribution in [3.05, 3.63) is 0 Å². The standard InChI is InChI=1S/C16H31ClF3N/c1-2-3-4-5-6-7-8-9-10-11-13-21(14-12-17)15-16(18,19)20/h2-15H2,1H3. The van der Waals surface area contributed by atoms with Crippen molar-refractivity contribution in [1.82, 2.24) is 4.90 Å². The molecule has 1 nitrogen and oxygen atoms in total. The predicted molar refractivity (Wildman–Crippen MR) is 85.1 cm³/mol. The number of hydrogen-bond donors (Lipinski definition) is 0. The average Bonchev–Trinajstić information content (AvgIpc) is 2.39. The number of hydrogen-bond acceptors (Lipinski definition) is 1. The molecule has 0 radical (unpaired) electrons. The van der Waals surface area contributed by atoms with Crippen molar-refractivity contribution in [2.24, 2.45) is 0 Å². The summed E-state index contributed by atoms with van der Waals surface area (Å²) in [6.45, 7) is 2.20. The van der Waals surface area contributed by atoms with Gasteiger partial charge in [-0.2, -0.15) is 13.2 Å². The number of rotatable bonds is 14. The molecule has 5 heteroatoms. The minimum atomic E-state index is -4.12. The highest BCUT2D eigenvalue weighted by atomic mass is 35.5. The molecule has 0 saturated carbocycles. The molecule has 0 aliphatic rings. The zero-order valence-electron chi connectivity index (χ0n) is 13.4. The first kappa shape index (κ1) is 21.0. The lowest BCUT2D eigenvalue weighted by Gasteiger charge is -2.22. The predicted octanol–water partition coefficient (Wildman–Crippen LogP) is 6.01. The smallest absolute Gasteiger partial charge is 0.294 e. The van der Waals surface area contributed by atoms with Gasteiger partial charge in [0.2, 0.25) is 0 Å². The van der Waals surface area contributed by atoms with E-state index in [0.717, 1.165) is 19.3 Å². The molecule has 0 heterocycles. The van der Waals surface area contributed by atoms with Crippen LogP contribution in [0.3, 0.4) is 0 Å². The Labute approximate surface area is 133 Å². The number of halogens is 4. The monoisotopic (exact) mass is 329 g/mol. The first-order chi connectivity index (χ1) is 9.99. The molecule has 0 rings (SSSR count). The lowest BCUT2D eigenvalue weighted by atomic mass is 10.1. The van der Waals surface area contributed by atoms with E-state index in [2.05, 4.69) is 6.92 Å². The normalized spacial score (nSPS) is 12.3. The molecule has 0 aliphatic carbocycles. The second-order valence-corrected chi connectivity index (χ2v) is 6.14. The van der Waals surface area contributed by atoms with Crippen molar-refractivity contribution in [3.63, 3.8) is 0 Å². The van der Waals surface area contributed by atoms with Gasteiger partial charge >= 0.3 is 6.18 Å². The summed E-state index contributed by atoms with van der Waals surface area (Å²) in [5, 5.41) is 0. The fourth-order valence-electron chi connectivity index (χ4n) is 2.47. The van der Waals surface area contributed by atoms with Gasteiger partial charge in [-0.25, -0.2) is 0 Å². The molecule has 21 heavy (non-hydrogen) atoms. The van der Waals surface area contributed by atoms with Gasteiger partial charge in [0.1, 0.15) is 0 Å². The average molecular weight is 330 g/mol. The van der Waals surface area contributed by atoms with E-state index < -0.39 is 12.7 Å². The molecule has 0 saturated heterocycles. The van der Waals surface area contributed by atoms with Crippen LogP contribution in [-0.2, 0) is 0 Å². The maximum Gasteiger partial charge on any atom is 0.401 e. The number of unbranched alkanes of at least 4 members (excludes halogenated alkanes) is 9. The zero-order chi connectivity index (χ0) is 16.0. The molecular formula is C16H31ClF3N. The van der Waals surface area contributed by atoms with Gasteiger partial charge in [0.25, 0.3) is 0 Å². The Morgan fingerprint density at radius 3 is 1.67 bits per heavy atom.